The smallest absolute Gasteiger partial charge is 0.360 e. The van der Waals surface area contributed by atoms with E-state index in [-0.39, 0.29) is 17.5 Å². The molecule has 13 heavy (non-hydrogen) atoms. The highest BCUT2D eigenvalue weighted by Crippen LogP contribution is 2.30. The topological polar surface area (TPSA) is 27.1 Å². The largest absolute Gasteiger partial charge is 0.441 e. The lowest BCUT2D eigenvalue weighted by molar-refractivity contribution is -0.0328. The van der Waals surface area contributed by atoms with E-state index in [0.717, 1.165) is 13.0 Å². The lowest BCUT2D eigenvalue weighted by Gasteiger charge is -2.17. The van der Waals surface area contributed by atoms with Gasteiger partial charge in [0.1, 0.15) is 0 Å². The Morgan fingerprint density at radius 2 is 2.15 bits per heavy atom. The molecule has 0 unspecified atom stereocenters. The first-order chi connectivity index (χ1) is 5.99. The summed E-state index contributed by atoms with van der Waals surface area (Å²) in [4.78, 5) is 1.71. The average molecular weight is 212 g/mol. The van der Waals surface area contributed by atoms with Gasteiger partial charge in [0.25, 0.3) is 0 Å². The fourth-order valence-electron chi connectivity index (χ4n) is 1.25. The number of rotatable bonds is 3. The number of halogens is 3. The Kier molecular flexibility index (Phi) is 3.47. The molecule has 0 amide bonds. The van der Waals surface area contributed by atoms with Gasteiger partial charge in [-0.05, 0) is 18.2 Å². The Morgan fingerprint density at radius 1 is 1.46 bits per heavy atom. The van der Waals surface area contributed by atoms with E-state index >= 15 is 0 Å². The van der Waals surface area contributed by atoms with Gasteiger partial charge in [-0.1, -0.05) is 0 Å². The van der Waals surface area contributed by atoms with Crippen molar-refractivity contribution in [2.75, 3.05) is 18.8 Å². The van der Waals surface area contributed by atoms with E-state index in [1.165, 1.54) is 0 Å². The lowest BCUT2D eigenvalue weighted by atomic mass is 10.4. The van der Waals surface area contributed by atoms with Crippen molar-refractivity contribution in [3.63, 3.8) is 0 Å². The average Bonchev–Trinajstić information content (AvgIpc) is 2.34. The molecular formula is C7H11F3N2S. The van der Waals surface area contributed by atoms with Crippen LogP contribution in [0.1, 0.15) is 12.8 Å². The van der Waals surface area contributed by atoms with Crippen molar-refractivity contribution in [1.29, 1.82) is 5.41 Å². The molecule has 6 heteroatoms. The maximum atomic E-state index is 11.7. The summed E-state index contributed by atoms with van der Waals surface area (Å²) in [5.41, 5.74) is -4.14. The highest BCUT2D eigenvalue weighted by Gasteiger charge is 2.28. The third-order valence-corrected chi connectivity index (χ3v) is 2.56. The Labute approximate surface area is 79.0 Å². The highest BCUT2D eigenvalue weighted by atomic mass is 32.2. The predicted molar refractivity (Wildman–Crippen MR) is 47.0 cm³/mol. The van der Waals surface area contributed by atoms with E-state index in [2.05, 4.69) is 0 Å². The molecule has 1 heterocycles. The molecule has 1 saturated heterocycles. The van der Waals surface area contributed by atoms with Crippen LogP contribution in [0.4, 0.5) is 13.2 Å². The normalized spacial score (nSPS) is 18.4. The zero-order valence-corrected chi connectivity index (χ0v) is 7.84. The molecule has 0 saturated carbocycles. The van der Waals surface area contributed by atoms with Gasteiger partial charge in [0.15, 0.2) is 0 Å². The van der Waals surface area contributed by atoms with Crippen molar-refractivity contribution in [2.45, 2.75) is 18.3 Å². The van der Waals surface area contributed by atoms with E-state index in [1.807, 2.05) is 0 Å². The first-order valence-electron chi connectivity index (χ1n) is 4.02. The summed E-state index contributed by atoms with van der Waals surface area (Å²) in [5.74, 6) is 0.495. The van der Waals surface area contributed by atoms with Crippen LogP contribution in [0.3, 0.4) is 0 Å². The summed E-state index contributed by atoms with van der Waals surface area (Å²) in [6.45, 7) is 1.07. The Morgan fingerprint density at radius 3 is 2.62 bits per heavy atom. The fraction of sp³-hybridized carbons (Fsp3) is 0.857. The fourth-order valence-corrected chi connectivity index (χ4v) is 1.79. The van der Waals surface area contributed by atoms with Crippen LogP contribution in [0.25, 0.3) is 0 Å². The first kappa shape index (κ1) is 10.7. The van der Waals surface area contributed by atoms with Crippen LogP contribution in [0.15, 0.2) is 0 Å². The van der Waals surface area contributed by atoms with Crippen molar-refractivity contribution in [3.05, 3.63) is 0 Å². The third kappa shape index (κ3) is 3.89. The van der Waals surface area contributed by atoms with Crippen molar-refractivity contribution in [3.8, 4) is 0 Å². The van der Waals surface area contributed by atoms with Crippen LogP contribution < -0.4 is 0 Å². The minimum Gasteiger partial charge on any atom is -0.360 e. The second-order valence-electron chi connectivity index (χ2n) is 2.83. The summed E-state index contributed by atoms with van der Waals surface area (Å²) in [5, 5.41) is 7.38. The summed E-state index contributed by atoms with van der Waals surface area (Å²) in [6, 6.07) is 0. The summed E-state index contributed by atoms with van der Waals surface area (Å²) < 4.78 is 35.2. The van der Waals surface area contributed by atoms with E-state index in [9.17, 15) is 13.2 Å². The standard InChI is InChI=1S/C7H11F3N2S/c8-7(9,10)13-5-4-12-3-1-2-6(12)11/h11H,1-5H2. The number of nitrogens with zero attached hydrogens (tertiary/aromatic N) is 1. The molecule has 1 fully saturated rings. The molecule has 0 aliphatic carbocycles. The van der Waals surface area contributed by atoms with E-state index in [0.29, 0.717) is 18.8 Å². The van der Waals surface area contributed by atoms with Crippen LogP contribution in [0.2, 0.25) is 0 Å². The number of alkyl halides is 3. The zero-order chi connectivity index (χ0) is 9.90. The molecule has 0 aromatic rings. The van der Waals surface area contributed by atoms with E-state index in [1.54, 1.807) is 4.90 Å². The third-order valence-electron chi connectivity index (χ3n) is 1.85. The second-order valence-corrected chi connectivity index (χ2v) is 3.99. The maximum absolute atomic E-state index is 11.7. The Bertz CT molecular complexity index is 193. The number of likely N-dealkylation sites (tertiary alicyclic amines) is 1. The van der Waals surface area contributed by atoms with Crippen molar-refractivity contribution >= 4 is 17.6 Å². The van der Waals surface area contributed by atoms with Crippen LogP contribution >= 0.6 is 11.8 Å². The molecule has 0 radical (unpaired) electrons. The van der Waals surface area contributed by atoms with Gasteiger partial charge in [0, 0.05) is 25.3 Å². The van der Waals surface area contributed by atoms with E-state index in [4.69, 9.17) is 5.41 Å². The van der Waals surface area contributed by atoms with Gasteiger partial charge in [-0.25, -0.2) is 0 Å². The maximum Gasteiger partial charge on any atom is 0.441 e. The van der Waals surface area contributed by atoms with Gasteiger partial charge in [0.2, 0.25) is 0 Å². The number of amidine groups is 1. The summed E-state index contributed by atoms with van der Waals surface area (Å²) in [6.07, 6.45) is 1.60. The molecule has 0 aromatic carbocycles. The zero-order valence-electron chi connectivity index (χ0n) is 7.02. The van der Waals surface area contributed by atoms with E-state index < -0.39 is 5.51 Å². The molecular weight excluding hydrogens is 201 g/mol. The monoisotopic (exact) mass is 212 g/mol. The minimum atomic E-state index is -4.14. The van der Waals surface area contributed by atoms with Gasteiger partial charge in [-0.15, -0.1) is 0 Å². The molecule has 1 rings (SSSR count). The van der Waals surface area contributed by atoms with Gasteiger partial charge < -0.3 is 4.90 Å². The van der Waals surface area contributed by atoms with Crippen LogP contribution in [-0.2, 0) is 0 Å². The molecule has 76 valence electrons. The number of hydrogen-bond donors (Lipinski definition) is 1. The molecule has 0 bridgehead atoms. The SMILES string of the molecule is N=C1CCCN1CCSC(F)(F)F. The van der Waals surface area contributed by atoms with Crippen molar-refractivity contribution in [2.24, 2.45) is 0 Å². The molecule has 1 aliphatic rings. The summed E-state index contributed by atoms with van der Waals surface area (Å²) in [7, 11) is 0. The molecule has 1 aliphatic heterocycles. The van der Waals surface area contributed by atoms with Gasteiger partial charge in [0.05, 0.1) is 5.84 Å². The minimum absolute atomic E-state index is 0.0159. The Balaban J connectivity index is 2.16. The molecule has 0 atom stereocenters. The molecule has 1 N–H and O–H groups in total. The quantitative estimate of drug-likeness (QED) is 0.777. The second kappa shape index (κ2) is 4.21. The molecule has 0 aromatic heterocycles. The molecule has 0 spiro atoms. The number of thioether (sulfide) groups is 1. The van der Waals surface area contributed by atoms with Crippen LogP contribution in [0.5, 0.6) is 0 Å². The number of nitrogens with one attached hydrogen (secondary N) is 1. The number of hydrogen-bond acceptors (Lipinski definition) is 2. The first-order valence-corrected chi connectivity index (χ1v) is 5.00. The van der Waals surface area contributed by atoms with Crippen molar-refractivity contribution in [1.82, 2.24) is 4.90 Å². The highest BCUT2D eigenvalue weighted by molar-refractivity contribution is 8.00. The Hall–Kier alpha value is -0.390. The van der Waals surface area contributed by atoms with Crippen LogP contribution in [-0.4, -0.2) is 35.1 Å². The van der Waals surface area contributed by atoms with Crippen LogP contribution in [0, 0.1) is 5.41 Å². The van der Waals surface area contributed by atoms with Gasteiger partial charge in [-0.3, -0.25) is 5.41 Å². The summed E-state index contributed by atoms with van der Waals surface area (Å²) >= 11 is -0.0159. The van der Waals surface area contributed by atoms with Gasteiger partial charge >= 0.3 is 5.51 Å². The van der Waals surface area contributed by atoms with Gasteiger partial charge in [-0.2, -0.15) is 13.2 Å². The van der Waals surface area contributed by atoms with Crippen molar-refractivity contribution < 1.29 is 13.2 Å². The predicted octanol–water partition coefficient (Wildman–Crippen LogP) is 2.31. The lowest BCUT2D eigenvalue weighted by Crippen LogP contribution is -2.27. The molecule has 2 nitrogen and oxygen atoms in total.